The van der Waals surface area contributed by atoms with Crippen molar-refractivity contribution in [3.63, 3.8) is 0 Å². The molecule has 0 saturated carbocycles. The first-order chi connectivity index (χ1) is 9.19. The topological polar surface area (TPSA) is 41.1 Å². The van der Waals surface area contributed by atoms with E-state index in [9.17, 15) is 0 Å². The van der Waals surface area contributed by atoms with E-state index in [2.05, 4.69) is 48.1 Å². The van der Waals surface area contributed by atoms with Crippen LogP contribution < -0.4 is 5.32 Å². The monoisotopic (exact) mass is 282 g/mol. The van der Waals surface area contributed by atoms with Gasteiger partial charge in [0.05, 0.1) is 0 Å². The number of rotatable bonds is 9. The number of hydrogen-bond acceptors (Lipinski definition) is 5. The molecular formula is C14H26N4S. The minimum absolute atomic E-state index is 0.968. The summed E-state index contributed by atoms with van der Waals surface area (Å²) in [4.78, 5) is 11.0. The van der Waals surface area contributed by atoms with Gasteiger partial charge in [0.2, 0.25) is 0 Å². The van der Waals surface area contributed by atoms with Gasteiger partial charge in [-0.05, 0) is 26.9 Å². The smallest absolute Gasteiger partial charge is 0.133 e. The van der Waals surface area contributed by atoms with Crippen LogP contribution >= 0.6 is 11.8 Å². The van der Waals surface area contributed by atoms with Crippen molar-refractivity contribution in [2.24, 2.45) is 0 Å². The maximum Gasteiger partial charge on any atom is 0.133 e. The fraction of sp³-hybridized carbons (Fsp3) is 0.714. The zero-order valence-electron chi connectivity index (χ0n) is 12.6. The van der Waals surface area contributed by atoms with Crippen LogP contribution in [0.3, 0.4) is 0 Å². The summed E-state index contributed by atoms with van der Waals surface area (Å²) in [5, 5.41) is 4.55. The summed E-state index contributed by atoms with van der Waals surface area (Å²) in [5.74, 6) is 2.08. The van der Waals surface area contributed by atoms with E-state index in [0.29, 0.717) is 0 Å². The van der Waals surface area contributed by atoms with Gasteiger partial charge in [-0.15, -0.1) is 11.8 Å². The number of nitrogens with zero attached hydrogens (tertiary/aromatic N) is 3. The molecule has 1 aromatic rings. The normalized spacial score (nSPS) is 11.0. The van der Waals surface area contributed by atoms with Crippen molar-refractivity contribution >= 4 is 17.6 Å². The average molecular weight is 282 g/mol. The molecule has 0 fully saturated rings. The summed E-state index contributed by atoms with van der Waals surface area (Å²) >= 11 is 1.83. The Balaban J connectivity index is 2.76. The molecule has 0 aliphatic carbocycles. The van der Waals surface area contributed by atoms with Gasteiger partial charge in [-0.3, -0.25) is 0 Å². The molecule has 108 valence electrons. The van der Waals surface area contributed by atoms with Gasteiger partial charge < -0.3 is 10.2 Å². The quantitative estimate of drug-likeness (QED) is 0.557. The Morgan fingerprint density at radius 1 is 1.21 bits per heavy atom. The lowest BCUT2D eigenvalue weighted by molar-refractivity contribution is 0.437. The highest BCUT2D eigenvalue weighted by Crippen LogP contribution is 2.26. The van der Waals surface area contributed by atoms with E-state index in [1.807, 2.05) is 11.8 Å². The Bertz CT molecular complexity index is 368. The molecule has 19 heavy (non-hydrogen) atoms. The highest BCUT2D eigenvalue weighted by Gasteiger charge is 2.10. The highest BCUT2D eigenvalue weighted by atomic mass is 32.2. The molecule has 0 aliphatic heterocycles. The first kappa shape index (κ1) is 16.2. The van der Waals surface area contributed by atoms with E-state index in [0.717, 1.165) is 48.9 Å². The van der Waals surface area contributed by atoms with Gasteiger partial charge in [0, 0.05) is 24.4 Å². The molecule has 1 aromatic heterocycles. The molecule has 0 atom stereocenters. The summed E-state index contributed by atoms with van der Waals surface area (Å²) in [5.41, 5.74) is 1.28. The first-order valence-corrected chi connectivity index (χ1v) is 8.02. The molecule has 0 amide bonds. The largest absolute Gasteiger partial charge is 0.370 e. The fourth-order valence-corrected chi connectivity index (χ4v) is 2.86. The maximum atomic E-state index is 4.46. The third-order valence-corrected chi connectivity index (χ3v) is 3.74. The third kappa shape index (κ3) is 5.78. The zero-order chi connectivity index (χ0) is 14.1. The van der Waals surface area contributed by atoms with Crippen molar-refractivity contribution in [1.29, 1.82) is 0 Å². The fourth-order valence-electron chi connectivity index (χ4n) is 1.72. The van der Waals surface area contributed by atoms with Gasteiger partial charge in [-0.1, -0.05) is 20.3 Å². The van der Waals surface area contributed by atoms with Crippen molar-refractivity contribution in [2.45, 2.75) is 38.1 Å². The van der Waals surface area contributed by atoms with Crippen molar-refractivity contribution in [2.75, 3.05) is 38.3 Å². The van der Waals surface area contributed by atoms with E-state index in [-0.39, 0.29) is 0 Å². The Hall–Kier alpha value is -0.810. The molecule has 0 spiro atoms. The average Bonchev–Trinajstić information content (AvgIpc) is 2.38. The summed E-state index contributed by atoms with van der Waals surface area (Å²) < 4.78 is 0. The summed E-state index contributed by atoms with van der Waals surface area (Å²) in [6.07, 6.45) is 4.94. The molecule has 0 aliphatic rings. The van der Waals surface area contributed by atoms with E-state index < -0.39 is 0 Å². The van der Waals surface area contributed by atoms with E-state index in [1.54, 1.807) is 6.33 Å². The number of hydrogen-bond donors (Lipinski definition) is 1. The number of aromatic nitrogens is 2. The Labute approximate surface area is 121 Å². The van der Waals surface area contributed by atoms with Crippen LogP contribution in [-0.2, 0) is 6.42 Å². The van der Waals surface area contributed by atoms with Crippen LogP contribution in [0.2, 0.25) is 0 Å². The van der Waals surface area contributed by atoms with Gasteiger partial charge in [0.15, 0.2) is 0 Å². The number of anilines is 1. The second-order valence-electron chi connectivity index (χ2n) is 4.83. The van der Waals surface area contributed by atoms with E-state index in [1.165, 1.54) is 5.56 Å². The van der Waals surface area contributed by atoms with Crippen LogP contribution in [0.4, 0.5) is 5.82 Å². The summed E-state index contributed by atoms with van der Waals surface area (Å²) in [7, 11) is 4.20. The molecule has 1 heterocycles. The maximum absolute atomic E-state index is 4.46. The van der Waals surface area contributed by atoms with Gasteiger partial charge in [0.25, 0.3) is 0 Å². The van der Waals surface area contributed by atoms with Gasteiger partial charge in [0.1, 0.15) is 17.2 Å². The standard InChI is InChI=1S/C14H26N4S/c1-5-7-12-13(15-8-6-2)16-11-17-14(12)19-10-9-18(3)4/h11H,5-10H2,1-4H3,(H,15,16,17). The SMILES string of the molecule is CCCNc1ncnc(SCCN(C)C)c1CCC. The van der Waals surface area contributed by atoms with Crippen LogP contribution in [0, 0.1) is 0 Å². The molecular weight excluding hydrogens is 256 g/mol. The minimum Gasteiger partial charge on any atom is -0.370 e. The summed E-state index contributed by atoms with van der Waals surface area (Å²) in [6, 6.07) is 0. The lowest BCUT2D eigenvalue weighted by atomic mass is 10.2. The van der Waals surface area contributed by atoms with E-state index >= 15 is 0 Å². The predicted molar refractivity (Wildman–Crippen MR) is 84.1 cm³/mol. The summed E-state index contributed by atoms with van der Waals surface area (Å²) in [6.45, 7) is 6.40. The molecule has 1 rings (SSSR count). The van der Waals surface area contributed by atoms with Crippen LogP contribution in [0.15, 0.2) is 11.4 Å². The lowest BCUT2D eigenvalue weighted by Gasteiger charge is -2.14. The minimum atomic E-state index is 0.968. The Morgan fingerprint density at radius 2 is 2.00 bits per heavy atom. The second-order valence-corrected chi connectivity index (χ2v) is 5.92. The van der Waals surface area contributed by atoms with Crippen LogP contribution in [-0.4, -0.2) is 47.8 Å². The van der Waals surface area contributed by atoms with Gasteiger partial charge in [-0.2, -0.15) is 0 Å². The van der Waals surface area contributed by atoms with Gasteiger partial charge >= 0.3 is 0 Å². The third-order valence-electron chi connectivity index (χ3n) is 2.73. The molecule has 0 aromatic carbocycles. The highest BCUT2D eigenvalue weighted by molar-refractivity contribution is 7.99. The van der Waals surface area contributed by atoms with Crippen molar-refractivity contribution in [3.8, 4) is 0 Å². The molecule has 4 nitrogen and oxygen atoms in total. The van der Waals surface area contributed by atoms with Crippen LogP contribution in [0.1, 0.15) is 32.3 Å². The van der Waals surface area contributed by atoms with E-state index in [4.69, 9.17) is 0 Å². The second kappa shape index (κ2) is 9.15. The molecule has 0 saturated heterocycles. The van der Waals surface area contributed by atoms with Crippen LogP contribution in [0.25, 0.3) is 0 Å². The molecule has 0 radical (unpaired) electrons. The molecule has 0 unspecified atom stereocenters. The lowest BCUT2D eigenvalue weighted by Crippen LogP contribution is -2.15. The van der Waals surface area contributed by atoms with Crippen molar-refractivity contribution < 1.29 is 0 Å². The van der Waals surface area contributed by atoms with Gasteiger partial charge in [-0.25, -0.2) is 9.97 Å². The van der Waals surface area contributed by atoms with Crippen molar-refractivity contribution in [1.82, 2.24) is 14.9 Å². The van der Waals surface area contributed by atoms with Crippen molar-refractivity contribution in [3.05, 3.63) is 11.9 Å². The molecule has 5 heteroatoms. The Morgan fingerprint density at radius 3 is 2.63 bits per heavy atom. The molecule has 0 bridgehead atoms. The first-order valence-electron chi connectivity index (χ1n) is 7.04. The predicted octanol–water partition coefficient (Wildman–Crippen LogP) is 2.90. The van der Waals surface area contributed by atoms with Crippen LogP contribution in [0.5, 0.6) is 0 Å². The number of thioether (sulfide) groups is 1. The number of nitrogens with one attached hydrogen (secondary N) is 1. The Kier molecular flexibility index (Phi) is 7.82. The zero-order valence-corrected chi connectivity index (χ0v) is 13.4. The molecule has 1 N–H and O–H groups in total.